The van der Waals surface area contributed by atoms with Crippen LogP contribution < -0.4 is 0 Å². The predicted octanol–water partition coefficient (Wildman–Crippen LogP) is 4.04. The molecule has 0 amide bonds. The average molecular weight is 222 g/mol. The summed E-state index contributed by atoms with van der Waals surface area (Å²) in [6.07, 6.45) is 10.1. The van der Waals surface area contributed by atoms with E-state index in [1.807, 2.05) is 0 Å². The second kappa shape index (κ2) is 8.49. The molecule has 2 aliphatic heterocycles. The van der Waals surface area contributed by atoms with Crippen molar-refractivity contribution in [3.05, 3.63) is 0 Å². The maximum atomic E-state index is 4.34. The van der Waals surface area contributed by atoms with Gasteiger partial charge < -0.3 is 0 Å². The molecule has 16 heavy (non-hydrogen) atoms. The SMILES string of the molecule is CCCC1=NCCC1.CCCC1=NCCC1. The van der Waals surface area contributed by atoms with Gasteiger partial charge in [-0.3, -0.25) is 9.98 Å². The molecule has 0 saturated carbocycles. The molecule has 0 aromatic carbocycles. The second-order valence-electron chi connectivity index (χ2n) is 4.60. The molecule has 0 unspecified atom stereocenters. The lowest BCUT2D eigenvalue weighted by Gasteiger charge is -1.91. The topological polar surface area (TPSA) is 24.7 Å². The Kier molecular flexibility index (Phi) is 7.11. The summed E-state index contributed by atoms with van der Waals surface area (Å²) in [4.78, 5) is 8.68. The maximum Gasteiger partial charge on any atom is 0.0392 e. The first-order valence-corrected chi connectivity index (χ1v) is 6.91. The Bertz CT molecular complexity index is 215. The molecular weight excluding hydrogens is 196 g/mol. The molecule has 0 atom stereocenters. The predicted molar refractivity (Wildman–Crippen MR) is 72.9 cm³/mol. The number of hydrogen-bond acceptors (Lipinski definition) is 2. The van der Waals surface area contributed by atoms with Gasteiger partial charge in [0.15, 0.2) is 0 Å². The van der Waals surface area contributed by atoms with Gasteiger partial charge in [0.05, 0.1) is 0 Å². The minimum absolute atomic E-state index is 1.09. The normalized spacial score (nSPS) is 18.9. The Morgan fingerprint density at radius 2 is 1.25 bits per heavy atom. The van der Waals surface area contributed by atoms with Crippen LogP contribution in [0.15, 0.2) is 9.98 Å². The van der Waals surface area contributed by atoms with E-state index in [9.17, 15) is 0 Å². The van der Waals surface area contributed by atoms with Crippen LogP contribution in [0.25, 0.3) is 0 Å². The van der Waals surface area contributed by atoms with E-state index in [0.717, 1.165) is 13.1 Å². The molecule has 92 valence electrons. The van der Waals surface area contributed by atoms with Gasteiger partial charge in [0, 0.05) is 24.5 Å². The van der Waals surface area contributed by atoms with Crippen LogP contribution in [0.3, 0.4) is 0 Å². The molecule has 2 nitrogen and oxygen atoms in total. The third kappa shape index (κ3) is 5.43. The first-order valence-electron chi connectivity index (χ1n) is 6.91. The summed E-state index contributed by atoms with van der Waals surface area (Å²) in [7, 11) is 0. The van der Waals surface area contributed by atoms with Crippen molar-refractivity contribution in [2.75, 3.05) is 13.1 Å². The van der Waals surface area contributed by atoms with Crippen molar-refractivity contribution in [2.24, 2.45) is 9.98 Å². The lowest BCUT2D eigenvalue weighted by molar-refractivity contribution is 0.936. The highest BCUT2D eigenvalue weighted by Crippen LogP contribution is 2.08. The quantitative estimate of drug-likeness (QED) is 0.686. The number of nitrogens with zero attached hydrogens (tertiary/aromatic N) is 2. The Hall–Kier alpha value is -0.660. The summed E-state index contributed by atoms with van der Waals surface area (Å²) in [5, 5.41) is 0. The van der Waals surface area contributed by atoms with Crippen LogP contribution in [0.5, 0.6) is 0 Å². The fourth-order valence-corrected chi connectivity index (χ4v) is 2.18. The van der Waals surface area contributed by atoms with E-state index >= 15 is 0 Å². The van der Waals surface area contributed by atoms with Gasteiger partial charge in [-0.25, -0.2) is 0 Å². The summed E-state index contributed by atoms with van der Waals surface area (Å²) in [5.74, 6) is 0. The van der Waals surface area contributed by atoms with Gasteiger partial charge in [-0.05, 0) is 38.5 Å². The van der Waals surface area contributed by atoms with Crippen molar-refractivity contribution in [3.63, 3.8) is 0 Å². The molecular formula is C14H26N2. The van der Waals surface area contributed by atoms with Gasteiger partial charge in [0.2, 0.25) is 0 Å². The third-order valence-electron chi connectivity index (χ3n) is 2.99. The number of aliphatic imine (C=N–C) groups is 2. The summed E-state index contributed by atoms with van der Waals surface area (Å²) < 4.78 is 0. The summed E-state index contributed by atoms with van der Waals surface area (Å²) in [6, 6.07) is 0. The van der Waals surface area contributed by atoms with Crippen LogP contribution in [0.1, 0.15) is 65.2 Å². The number of rotatable bonds is 4. The minimum Gasteiger partial charge on any atom is -0.294 e. The molecule has 2 rings (SSSR count). The Labute approximate surface area is 100 Å². The van der Waals surface area contributed by atoms with Crippen LogP contribution in [0, 0.1) is 0 Å². The van der Waals surface area contributed by atoms with Crippen molar-refractivity contribution >= 4 is 11.4 Å². The smallest absolute Gasteiger partial charge is 0.0392 e. The molecule has 0 aromatic heterocycles. The lowest BCUT2D eigenvalue weighted by atomic mass is 10.2. The zero-order valence-electron chi connectivity index (χ0n) is 11.0. The van der Waals surface area contributed by atoms with Crippen molar-refractivity contribution in [3.8, 4) is 0 Å². The van der Waals surface area contributed by atoms with E-state index in [0.29, 0.717) is 0 Å². The molecule has 0 aromatic rings. The van der Waals surface area contributed by atoms with E-state index < -0.39 is 0 Å². The van der Waals surface area contributed by atoms with E-state index in [4.69, 9.17) is 0 Å². The maximum absolute atomic E-state index is 4.34. The highest BCUT2D eigenvalue weighted by Gasteiger charge is 2.03. The van der Waals surface area contributed by atoms with Crippen LogP contribution in [0.2, 0.25) is 0 Å². The average Bonchev–Trinajstić information content (AvgIpc) is 2.92. The van der Waals surface area contributed by atoms with Crippen LogP contribution in [-0.4, -0.2) is 24.5 Å². The standard InChI is InChI=1S/2C7H13N/c2*1-2-4-7-5-3-6-8-7/h2*2-6H2,1H3. The second-order valence-corrected chi connectivity index (χ2v) is 4.60. The first kappa shape index (κ1) is 13.4. The monoisotopic (exact) mass is 222 g/mol. The van der Waals surface area contributed by atoms with Gasteiger partial charge >= 0.3 is 0 Å². The zero-order chi connectivity index (χ0) is 11.6. The van der Waals surface area contributed by atoms with E-state index in [1.54, 1.807) is 0 Å². The summed E-state index contributed by atoms with van der Waals surface area (Å²) in [5.41, 5.74) is 2.90. The highest BCUT2D eigenvalue weighted by molar-refractivity contribution is 5.86. The van der Waals surface area contributed by atoms with Crippen molar-refractivity contribution < 1.29 is 0 Å². The lowest BCUT2D eigenvalue weighted by Crippen LogP contribution is -1.89. The van der Waals surface area contributed by atoms with E-state index in [-0.39, 0.29) is 0 Å². The fraction of sp³-hybridized carbons (Fsp3) is 0.857. The molecule has 0 aliphatic carbocycles. The fourth-order valence-electron chi connectivity index (χ4n) is 2.18. The molecule has 2 heteroatoms. The largest absolute Gasteiger partial charge is 0.294 e. The molecule has 0 N–H and O–H groups in total. The Morgan fingerprint density at radius 1 is 0.812 bits per heavy atom. The molecule has 0 fully saturated rings. The first-order chi connectivity index (χ1) is 7.86. The summed E-state index contributed by atoms with van der Waals surface area (Å²) in [6.45, 7) is 6.60. The molecule has 2 aliphatic rings. The van der Waals surface area contributed by atoms with Crippen molar-refractivity contribution in [1.82, 2.24) is 0 Å². The minimum atomic E-state index is 1.09. The molecule has 2 heterocycles. The van der Waals surface area contributed by atoms with Crippen molar-refractivity contribution in [2.45, 2.75) is 65.2 Å². The molecule has 0 bridgehead atoms. The zero-order valence-corrected chi connectivity index (χ0v) is 11.0. The third-order valence-corrected chi connectivity index (χ3v) is 2.99. The van der Waals surface area contributed by atoms with Crippen LogP contribution in [-0.2, 0) is 0 Å². The molecule has 0 saturated heterocycles. The van der Waals surface area contributed by atoms with Crippen LogP contribution in [0.4, 0.5) is 0 Å². The van der Waals surface area contributed by atoms with E-state index in [1.165, 1.54) is 62.8 Å². The highest BCUT2D eigenvalue weighted by atomic mass is 14.8. The molecule has 0 spiro atoms. The molecule has 0 radical (unpaired) electrons. The van der Waals surface area contributed by atoms with Crippen molar-refractivity contribution in [1.29, 1.82) is 0 Å². The van der Waals surface area contributed by atoms with Gasteiger partial charge in [-0.2, -0.15) is 0 Å². The van der Waals surface area contributed by atoms with Gasteiger partial charge in [0.25, 0.3) is 0 Å². The Morgan fingerprint density at radius 3 is 1.50 bits per heavy atom. The van der Waals surface area contributed by atoms with E-state index in [2.05, 4.69) is 23.8 Å². The van der Waals surface area contributed by atoms with Gasteiger partial charge in [-0.15, -0.1) is 0 Å². The number of hydrogen-bond donors (Lipinski definition) is 0. The van der Waals surface area contributed by atoms with Crippen LogP contribution >= 0.6 is 0 Å². The van der Waals surface area contributed by atoms with Gasteiger partial charge in [0.1, 0.15) is 0 Å². The van der Waals surface area contributed by atoms with Gasteiger partial charge in [-0.1, -0.05) is 26.7 Å². The summed E-state index contributed by atoms with van der Waals surface area (Å²) >= 11 is 0. The Balaban J connectivity index is 0.000000160.